The molecule has 136 valence electrons. The van der Waals surface area contributed by atoms with Crippen molar-refractivity contribution in [3.05, 3.63) is 90.3 Å². The molecule has 0 saturated carbocycles. The Balaban J connectivity index is 1.38. The van der Waals surface area contributed by atoms with Gasteiger partial charge in [-0.25, -0.2) is 0 Å². The molecule has 2 aromatic carbocycles. The molecule has 0 spiro atoms. The zero-order chi connectivity index (χ0) is 18.6. The number of carbonyl (C=O) groups excluding carboxylic acids is 2. The molecule has 1 aliphatic heterocycles. The summed E-state index contributed by atoms with van der Waals surface area (Å²) in [5.74, 6) is 0.242. The topological polar surface area (TPSA) is 42.3 Å². The minimum absolute atomic E-state index is 0.00701. The van der Waals surface area contributed by atoms with Crippen LogP contribution in [0.3, 0.4) is 0 Å². The molecule has 0 bridgehead atoms. The molecule has 0 aliphatic carbocycles. The monoisotopic (exact) mass is 358 g/mol. The van der Waals surface area contributed by atoms with Crippen LogP contribution in [0.1, 0.15) is 33.6 Å². The number of piperidine rings is 1. The predicted octanol–water partition coefficient (Wildman–Crippen LogP) is 4.21. The van der Waals surface area contributed by atoms with Gasteiger partial charge in [0.15, 0.2) is 5.78 Å². The van der Waals surface area contributed by atoms with Crippen LogP contribution >= 0.6 is 0 Å². The summed E-state index contributed by atoms with van der Waals surface area (Å²) in [6.07, 6.45) is 5.40. The van der Waals surface area contributed by atoms with E-state index in [1.54, 1.807) is 0 Å². The first-order chi connectivity index (χ1) is 13.2. The van der Waals surface area contributed by atoms with Gasteiger partial charge in [0, 0.05) is 48.2 Å². The molecule has 0 radical (unpaired) electrons. The maximum atomic E-state index is 12.8. The Bertz CT molecular complexity index is 907. The number of aromatic nitrogens is 1. The van der Waals surface area contributed by atoms with E-state index in [-0.39, 0.29) is 17.6 Å². The lowest BCUT2D eigenvalue weighted by Crippen LogP contribution is -2.40. The lowest BCUT2D eigenvalue weighted by atomic mass is 9.88. The van der Waals surface area contributed by atoms with E-state index in [0.29, 0.717) is 18.7 Å². The Morgan fingerprint density at radius 1 is 0.741 bits per heavy atom. The molecule has 0 atom stereocenters. The van der Waals surface area contributed by atoms with Gasteiger partial charge < -0.3 is 9.47 Å². The minimum atomic E-state index is 0.00701. The van der Waals surface area contributed by atoms with Crippen LogP contribution in [-0.4, -0.2) is 34.2 Å². The highest BCUT2D eigenvalue weighted by molar-refractivity contribution is 5.98. The maximum Gasteiger partial charge on any atom is 0.253 e. The fourth-order valence-electron chi connectivity index (χ4n) is 3.65. The van der Waals surface area contributed by atoms with Crippen LogP contribution in [0.15, 0.2) is 79.1 Å². The average molecular weight is 358 g/mol. The zero-order valence-electron chi connectivity index (χ0n) is 15.1. The summed E-state index contributed by atoms with van der Waals surface area (Å²) in [4.78, 5) is 27.2. The molecule has 4 rings (SSSR count). The van der Waals surface area contributed by atoms with E-state index in [9.17, 15) is 9.59 Å². The second kappa shape index (κ2) is 7.62. The molecule has 4 heteroatoms. The molecule has 27 heavy (non-hydrogen) atoms. The van der Waals surface area contributed by atoms with Crippen molar-refractivity contribution < 1.29 is 9.59 Å². The number of benzene rings is 2. The number of likely N-dealkylation sites (tertiary alicyclic amines) is 1. The molecule has 4 nitrogen and oxygen atoms in total. The van der Waals surface area contributed by atoms with Crippen molar-refractivity contribution in [2.75, 3.05) is 13.1 Å². The average Bonchev–Trinajstić information content (AvgIpc) is 3.28. The van der Waals surface area contributed by atoms with E-state index in [1.807, 2.05) is 88.6 Å². The molecule has 0 N–H and O–H groups in total. The summed E-state index contributed by atoms with van der Waals surface area (Å²) in [5.41, 5.74) is 2.49. The summed E-state index contributed by atoms with van der Waals surface area (Å²) in [6, 6.07) is 21.0. The Labute approximate surface area is 159 Å². The van der Waals surface area contributed by atoms with Gasteiger partial charge in [0.1, 0.15) is 0 Å². The van der Waals surface area contributed by atoms with E-state index < -0.39 is 0 Å². The molecular formula is C23H22N2O2. The van der Waals surface area contributed by atoms with E-state index in [2.05, 4.69) is 0 Å². The highest BCUT2D eigenvalue weighted by Crippen LogP contribution is 2.23. The van der Waals surface area contributed by atoms with Crippen molar-refractivity contribution in [3.63, 3.8) is 0 Å². The van der Waals surface area contributed by atoms with Crippen molar-refractivity contribution in [3.8, 4) is 5.69 Å². The second-order valence-electron chi connectivity index (χ2n) is 6.93. The van der Waals surface area contributed by atoms with Crippen molar-refractivity contribution in [1.29, 1.82) is 0 Å². The Morgan fingerprint density at radius 2 is 1.37 bits per heavy atom. The van der Waals surface area contributed by atoms with Gasteiger partial charge in [-0.1, -0.05) is 30.3 Å². The predicted molar refractivity (Wildman–Crippen MR) is 105 cm³/mol. The highest BCUT2D eigenvalue weighted by atomic mass is 16.2. The first kappa shape index (κ1) is 17.3. The van der Waals surface area contributed by atoms with E-state index >= 15 is 0 Å². The highest BCUT2D eigenvalue weighted by Gasteiger charge is 2.28. The van der Waals surface area contributed by atoms with Crippen LogP contribution in [0.5, 0.6) is 0 Å². The summed E-state index contributed by atoms with van der Waals surface area (Å²) in [5, 5.41) is 0. The number of Topliss-reactive ketones (excluding diaryl/α,β-unsaturated/α-hetero) is 1. The standard InChI is InChI=1S/C23H22N2O2/c26-22(18-6-2-1-3-7-18)19-12-16-25(17-13-19)23(27)20-8-10-21(11-9-20)24-14-4-5-15-24/h1-11,14-15,19H,12-13,16-17H2. The lowest BCUT2D eigenvalue weighted by Gasteiger charge is -2.31. The van der Waals surface area contributed by atoms with Crippen LogP contribution in [-0.2, 0) is 0 Å². The van der Waals surface area contributed by atoms with Gasteiger partial charge in [0.2, 0.25) is 0 Å². The number of nitrogens with zero attached hydrogens (tertiary/aromatic N) is 2. The molecule has 2 heterocycles. The Morgan fingerprint density at radius 3 is 2.00 bits per heavy atom. The summed E-state index contributed by atoms with van der Waals surface area (Å²) in [6.45, 7) is 1.25. The third-order valence-electron chi connectivity index (χ3n) is 5.23. The van der Waals surface area contributed by atoms with Crippen LogP contribution < -0.4 is 0 Å². The number of ketones is 1. The molecule has 1 fully saturated rings. The maximum absolute atomic E-state index is 12.8. The molecule has 0 unspecified atom stereocenters. The molecule has 1 saturated heterocycles. The summed E-state index contributed by atoms with van der Waals surface area (Å²) in [7, 11) is 0. The molecular weight excluding hydrogens is 336 g/mol. The smallest absolute Gasteiger partial charge is 0.253 e. The second-order valence-corrected chi connectivity index (χ2v) is 6.93. The molecule has 3 aromatic rings. The molecule has 1 amide bonds. The van der Waals surface area contributed by atoms with Crippen molar-refractivity contribution >= 4 is 11.7 Å². The molecule has 1 aliphatic rings. The third kappa shape index (κ3) is 3.70. The SMILES string of the molecule is O=C(c1ccccc1)C1CCN(C(=O)c2ccc(-n3cccc3)cc2)CC1. The zero-order valence-corrected chi connectivity index (χ0v) is 15.1. The van der Waals surface area contributed by atoms with Crippen molar-refractivity contribution in [1.82, 2.24) is 9.47 Å². The Kier molecular flexibility index (Phi) is 4.88. The number of rotatable bonds is 4. The van der Waals surface area contributed by atoms with Crippen LogP contribution in [0.25, 0.3) is 5.69 Å². The van der Waals surface area contributed by atoms with Gasteiger partial charge >= 0.3 is 0 Å². The van der Waals surface area contributed by atoms with Gasteiger partial charge in [-0.3, -0.25) is 9.59 Å². The van der Waals surface area contributed by atoms with Gasteiger partial charge in [0.05, 0.1) is 0 Å². The fraction of sp³-hybridized carbons (Fsp3) is 0.217. The Hall–Kier alpha value is -3.14. The molecule has 1 aromatic heterocycles. The first-order valence-electron chi connectivity index (χ1n) is 9.34. The van der Waals surface area contributed by atoms with Crippen LogP contribution in [0.2, 0.25) is 0 Å². The van der Waals surface area contributed by atoms with Gasteiger partial charge in [-0.15, -0.1) is 0 Å². The first-order valence-corrected chi connectivity index (χ1v) is 9.34. The van der Waals surface area contributed by atoms with Gasteiger partial charge in [-0.2, -0.15) is 0 Å². The van der Waals surface area contributed by atoms with Gasteiger partial charge in [0.25, 0.3) is 5.91 Å². The van der Waals surface area contributed by atoms with Crippen molar-refractivity contribution in [2.24, 2.45) is 5.92 Å². The summed E-state index contributed by atoms with van der Waals surface area (Å²) < 4.78 is 2.01. The normalized spacial score (nSPS) is 14.9. The fourth-order valence-corrected chi connectivity index (χ4v) is 3.65. The number of hydrogen-bond acceptors (Lipinski definition) is 2. The minimum Gasteiger partial charge on any atom is -0.339 e. The lowest BCUT2D eigenvalue weighted by molar-refractivity contribution is 0.0650. The quantitative estimate of drug-likeness (QED) is 0.656. The van der Waals surface area contributed by atoms with E-state index in [0.717, 1.165) is 24.1 Å². The van der Waals surface area contributed by atoms with Crippen LogP contribution in [0, 0.1) is 5.92 Å². The van der Waals surface area contributed by atoms with E-state index in [4.69, 9.17) is 0 Å². The van der Waals surface area contributed by atoms with Crippen LogP contribution in [0.4, 0.5) is 0 Å². The van der Waals surface area contributed by atoms with Crippen molar-refractivity contribution in [2.45, 2.75) is 12.8 Å². The number of amides is 1. The number of carbonyl (C=O) groups is 2. The summed E-state index contributed by atoms with van der Waals surface area (Å²) >= 11 is 0. The van der Waals surface area contributed by atoms with Gasteiger partial charge in [-0.05, 0) is 49.2 Å². The van der Waals surface area contributed by atoms with E-state index in [1.165, 1.54) is 0 Å². The largest absolute Gasteiger partial charge is 0.339 e. The third-order valence-corrected chi connectivity index (χ3v) is 5.23. The number of hydrogen-bond donors (Lipinski definition) is 0.